The highest BCUT2D eigenvalue weighted by molar-refractivity contribution is 7.17. The van der Waals surface area contributed by atoms with Crippen LogP contribution in [0.3, 0.4) is 0 Å². The van der Waals surface area contributed by atoms with E-state index >= 15 is 0 Å². The van der Waals surface area contributed by atoms with Crippen LogP contribution in [0.1, 0.15) is 12.5 Å². The molecule has 1 fully saturated rings. The highest BCUT2D eigenvalue weighted by Gasteiger charge is 2.27. The van der Waals surface area contributed by atoms with E-state index in [9.17, 15) is 0 Å². The number of piperazine rings is 1. The van der Waals surface area contributed by atoms with E-state index < -0.39 is 0 Å². The summed E-state index contributed by atoms with van der Waals surface area (Å²) in [4.78, 5) is 15.2. The Morgan fingerprint density at radius 3 is 2.67 bits per heavy atom. The molecule has 0 unspecified atom stereocenters. The molecule has 0 radical (unpaired) electrons. The Kier molecular flexibility index (Phi) is 5.09. The van der Waals surface area contributed by atoms with Crippen molar-refractivity contribution in [1.82, 2.24) is 9.97 Å². The van der Waals surface area contributed by atoms with Gasteiger partial charge in [-0.05, 0) is 49.2 Å². The van der Waals surface area contributed by atoms with Gasteiger partial charge in [0.25, 0.3) is 0 Å². The van der Waals surface area contributed by atoms with E-state index in [4.69, 9.17) is 16.6 Å². The van der Waals surface area contributed by atoms with Gasteiger partial charge in [0.15, 0.2) is 0 Å². The standard InChI is InChI=1S/C24H23ClN4S/c1-16-4-3-5-20(12-16)29-11-10-28(13-17(29)2)23-22-21(14-30-24(22)27-15-26-23)18-6-8-19(25)9-7-18/h3-9,12,14-15,17H,10-11,13H2,1-2H3/t17-/m0/s1. The highest BCUT2D eigenvalue weighted by Crippen LogP contribution is 2.39. The first-order valence-corrected chi connectivity index (χ1v) is 11.4. The Balaban J connectivity index is 1.48. The number of rotatable bonds is 3. The fourth-order valence-electron chi connectivity index (χ4n) is 4.28. The van der Waals surface area contributed by atoms with E-state index in [1.165, 1.54) is 16.8 Å². The number of thiophene rings is 1. The number of hydrogen-bond donors (Lipinski definition) is 0. The average Bonchev–Trinajstić information content (AvgIpc) is 3.18. The van der Waals surface area contributed by atoms with Crippen LogP contribution in [0.5, 0.6) is 0 Å². The summed E-state index contributed by atoms with van der Waals surface area (Å²) < 4.78 is 0. The van der Waals surface area contributed by atoms with Crippen LogP contribution < -0.4 is 9.80 Å². The number of halogens is 1. The summed E-state index contributed by atoms with van der Waals surface area (Å²) >= 11 is 7.77. The van der Waals surface area contributed by atoms with Gasteiger partial charge in [-0.15, -0.1) is 11.3 Å². The lowest BCUT2D eigenvalue weighted by atomic mass is 10.1. The van der Waals surface area contributed by atoms with Crippen LogP contribution in [0.2, 0.25) is 5.02 Å². The third-order valence-electron chi connectivity index (χ3n) is 5.77. The Morgan fingerprint density at radius 2 is 1.90 bits per heavy atom. The molecule has 2 aromatic heterocycles. The fourth-order valence-corrected chi connectivity index (χ4v) is 5.32. The molecule has 0 saturated carbocycles. The summed E-state index contributed by atoms with van der Waals surface area (Å²) in [7, 11) is 0. The molecule has 4 aromatic rings. The van der Waals surface area contributed by atoms with Gasteiger partial charge >= 0.3 is 0 Å². The van der Waals surface area contributed by atoms with Crippen LogP contribution in [0.15, 0.2) is 60.2 Å². The van der Waals surface area contributed by atoms with Gasteiger partial charge in [0.05, 0.1) is 5.39 Å². The number of hydrogen-bond acceptors (Lipinski definition) is 5. The van der Waals surface area contributed by atoms with Gasteiger partial charge in [0, 0.05) is 47.3 Å². The Hall–Kier alpha value is -2.63. The molecule has 1 aliphatic rings. The normalized spacial score (nSPS) is 17.0. The minimum Gasteiger partial charge on any atom is -0.365 e. The molecular formula is C24H23ClN4S. The average molecular weight is 435 g/mol. The predicted octanol–water partition coefficient (Wildman–Crippen LogP) is 6.04. The number of benzene rings is 2. The Bertz CT molecular complexity index is 1190. The fraction of sp³-hybridized carbons (Fsp3) is 0.250. The van der Waals surface area contributed by atoms with Gasteiger partial charge < -0.3 is 9.80 Å². The summed E-state index contributed by atoms with van der Waals surface area (Å²) in [5.74, 6) is 1.03. The van der Waals surface area contributed by atoms with Gasteiger partial charge in [0.1, 0.15) is 17.0 Å². The molecule has 152 valence electrons. The number of aryl methyl sites for hydroxylation is 1. The van der Waals surface area contributed by atoms with Crippen molar-refractivity contribution in [3.8, 4) is 11.1 Å². The largest absolute Gasteiger partial charge is 0.365 e. The maximum absolute atomic E-state index is 6.10. The van der Waals surface area contributed by atoms with Crippen LogP contribution in [-0.2, 0) is 0 Å². The van der Waals surface area contributed by atoms with Crippen molar-refractivity contribution in [2.24, 2.45) is 0 Å². The van der Waals surface area contributed by atoms with Gasteiger partial charge in [0.2, 0.25) is 0 Å². The zero-order valence-corrected chi connectivity index (χ0v) is 18.6. The summed E-state index contributed by atoms with van der Waals surface area (Å²) in [5, 5.41) is 4.07. The number of fused-ring (bicyclic) bond motifs is 1. The van der Waals surface area contributed by atoms with E-state index in [1.807, 2.05) is 12.1 Å². The van der Waals surface area contributed by atoms with E-state index in [2.05, 4.69) is 70.4 Å². The summed E-state index contributed by atoms with van der Waals surface area (Å²) in [5.41, 5.74) is 4.92. The minimum atomic E-state index is 0.392. The third-order valence-corrected chi connectivity index (χ3v) is 6.90. The summed E-state index contributed by atoms with van der Waals surface area (Å²) in [6.45, 7) is 7.27. The van der Waals surface area contributed by atoms with E-state index in [0.29, 0.717) is 6.04 Å². The molecule has 1 saturated heterocycles. The van der Waals surface area contributed by atoms with Gasteiger partial charge in [-0.1, -0.05) is 35.9 Å². The molecule has 6 heteroatoms. The lowest BCUT2D eigenvalue weighted by molar-refractivity contribution is 0.548. The monoisotopic (exact) mass is 434 g/mol. The van der Waals surface area contributed by atoms with Crippen LogP contribution in [0.25, 0.3) is 21.3 Å². The topological polar surface area (TPSA) is 32.3 Å². The first kappa shape index (κ1) is 19.3. The number of aromatic nitrogens is 2. The first-order chi connectivity index (χ1) is 14.6. The van der Waals surface area contributed by atoms with E-state index in [0.717, 1.165) is 46.3 Å². The minimum absolute atomic E-state index is 0.392. The molecule has 1 atom stereocenters. The molecule has 0 bridgehead atoms. The molecule has 0 amide bonds. The van der Waals surface area contributed by atoms with E-state index in [-0.39, 0.29) is 0 Å². The van der Waals surface area contributed by atoms with Crippen molar-refractivity contribution in [1.29, 1.82) is 0 Å². The molecule has 2 aromatic carbocycles. The predicted molar refractivity (Wildman–Crippen MR) is 128 cm³/mol. The summed E-state index contributed by atoms with van der Waals surface area (Å²) in [6.07, 6.45) is 1.69. The lowest BCUT2D eigenvalue weighted by Gasteiger charge is -2.42. The smallest absolute Gasteiger partial charge is 0.141 e. The first-order valence-electron chi connectivity index (χ1n) is 10.2. The van der Waals surface area contributed by atoms with Crippen LogP contribution in [0, 0.1) is 6.92 Å². The van der Waals surface area contributed by atoms with Crippen molar-refractivity contribution in [2.75, 3.05) is 29.4 Å². The molecule has 0 aliphatic carbocycles. The maximum atomic E-state index is 6.10. The summed E-state index contributed by atoms with van der Waals surface area (Å²) in [6, 6.07) is 17.2. The third kappa shape index (κ3) is 3.53. The molecular weight excluding hydrogens is 412 g/mol. The molecule has 4 nitrogen and oxygen atoms in total. The van der Waals surface area contributed by atoms with Crippen molar-refractivity contribution in [2.45, 2.75) is 19.9 Å². The van der Waals surface area contributed by atoms with Crippen LogP contribution in [0.4, 0.5) is 11.5 Å². The van der Waals surface area contributed by atoms with Gasteiger partial charge in [-0.2, -0.15) is 0 Å². The maximum Gasteiger partial charge on any atom is 0.141 e. The van der Waals surface area contributed by atoms with Gasteiger partial charge in [-0.3, -0.25) is 0 Å². The molecule has 1 aliphatic heterocycles. The SMILES string of the molecule is Cc1cccc(N2CCN(c3ncnc4scc(-c5ccc(Cl)cc5)c34)C[C@@H]2C)c1. The van der Waals surface area contributed by atoms with Crippen LogP contribution in [-0.4, -0.2) is 35.6 Å². The lowest BCUT2D eigenvalue weighted by Crippen LogP contribution is -2.52. The second-order valence-electron chi connectivity index (χ2n) is 7.86. The zero-order valence-electron chi connectivity index (χ0n) is 17.0. The Labute approximate surface area is 185 Å². The van der Waals surface area contributed by atoms with Crippen LogP contribution >= 0.6 is 22.9 Å². The molecule has 30 heavy (non-hydrogen) atoms. The molecule has 5 rings (SSSR count). The van der Waals surface area contributed by atoms with E-state index in [1.54, 1.807) is 17.7 Å². The molecule has 0 N–H and O–H groups in total. The molecule has 3 heterocycles. The van der Waals surface area contributed by atoms with Crippen molar-refractivity contribution in [3.63, 3.8) is 0 Å². The zero-order chi connectivity index (χ0) is 20.7. The van der Waals surface area contributed by atoms with Gasteiger partial charge in [-0.25, -0.2) is 9.97 Å². The Morgan fingerprint density at radius 1 is 1.07 bits per heavy atom. The van der Waals surface area contributed by atoms with Crippen molar-refractivity contribution >= 4 is 44.7 Å². The van der Waals surface area contributed by atoms with Crippen molar-refractivity contribution in [3.05, 3.63) is 70.8 Å². The number of nitrogens with zero attached hydrogens (tertiary/aromatic N) is 4. The van der Waals surface area contributed by atoms with Crippen molar-refractivity contribution < 1.29 is 0 Å². The molecule has 0 spiro atoms. The highest BCUT2D eigenvalue weighted by atomic mass is 35.5. The second-order valence-corrected chi connectivity index (χ2v) is 9.16. The second kappa shape index (κ2) is 7.89. The number of anilines is 2. The quantitative estimate of drug-likeness (QED) is 0.393.